The topological polar surface area (TPSA) is 58.6 Å². The molecule has 0 bridgehead atoms. The SMILES string of the molecule is COC(=O)C1(NC(=O)N2CC=CC2)CCCCC1. The van der Waals surface area contributed by atoms with Crippen molar-refractivity contribution in [3.05, 3.63) is 12.2 Å². The van der Waals surface area contributed by atoms with Crippen LogP contribution in [0.15, 0.2) is 12.2 Å². The van der Waals surface area contributed by atoms with Crippen molar-refractivity contribution < 1.29 is 14.3 Å². The van der Waals surface area contributed by atoms with Gasteiger partial charge in [0.1, 0.15) is 5.54 Å². The molecular weight excluding hydrogens is 232 g/mol. The number of amides is 2. The van der Waals surface area contributed by atoms with Crippen molar-refractivity contribution in [2.24, 2.45) is 0 Å². The maximum Gasteiger partial charge on any atom is 0.331 e. The summed E-state index contributed by atoms with van der Waals surface area (Å²) in [5.74, 6) is -0.317. The largest absolute Gasteiger partial charge is 0.467 e. The molecule has 0 spiro atoms. The third kappa shape index (κ3) is 2.49. The number of hydrogen-bond donors (Lipinski definition) is 1. The third-order valence-corrected chi connectivity index (χ3v) is 3.73. The Bertz CT molecular complexity index is 351. The van der Waals surface area contributed by atoms with Crippen molar-refractivity contribution >= 4 is 12.0 Å². The molecule has 2 aliphatic rings. The van der Waals surface area contributed by atoms with Crippen LogP contribution in [0.1, 0.15) is 32.1 Å². The maximum absolute atomic E-state index is 12.1. The quantitative estimate of drug-likeness (QED) is 0.597. The van der Waals surface area contributed by atoms with Crippen molar-refractivity contribution in [1.82, 2.24) is 10.2 Å². The lowest BCUT2D eigenvalue weighted by Crippen LogP contribution is -2.58. The van der Waals surface area contributed by atoms with Crippen LogP contribution in [0, 0.1) is 0 Å². The van der Waals surface area contributed by atoms with Crippen molar-refractivity contribution in [2.45, 2.75) is 37.6 Å². The molecule has 5 nitrogen and oxygen atoms in total. The van der Waals surface area contributed by atoms with Gasteiger partial charge in [-0.05, 0) is 12.8 Å². The average molecular weight is 252 g/mol. The smallest absolute Gasteiger partial charge is 0.331 e. The minimum Gasteiger partial charge on any atom is -0.467 e. The molecule has 100 valence electrons. The van der Waals surface area contributed by atoms with Crippen LogP contribution < -0.4 is 5.32 Å². The molecule has 1 saturated carbocycles. The molecule has 0 aromatic rings. The minimum absolute atomic E-state index is 0.174. The molecule has 0 aromatic carbocycles. The van der Waals surface area contributed by atoms with E-state index in [4.69, 9.17) is 4.74 Å². The fourth-order valence-corrected chi connectivity index (χ4v) is 2.66. The highest BCUT2D eigenvalue weighted by atomic mass is 16.5. The summed E-state index contributed by atoms with van der Waals surface area (Å²) in [6, 6.07) is -0.174. The Morgan fingerprint density at radius 2 is 1.78 bits per heavy atom. The van der Waals surface area contributed by atoms with Crippen molar-refractivity contribution in [3.63, 3.8) is 0 Å². The Morgan fingerprint density at radius 1 is 1.17 bits per heavy atom. The van der Waals surface area contributed by atoms with E-state index in [0.29, 0.717) is 25.9 Å². The molecule has 5 heteroatoms. The predicted octanol–water partition coefficient (Wildman–Crippen LogP) is 1.44. The summed E-state index contributed by atoms with van der Waals surface area (Å²) in [4.78, 5) is 25.8. The lowest BCUT2D eigenvalue weighted by atomic mass is 9.81. The van der Waals surface area contributed by atoms with Gasteiger partial charge in [-0.3, -0.25) is 0 Å². The first kappa shape index (κ1) is 12.9. The van der Waals surface area contributed by atoms with Crippen LogP contribution in [0.2, 0.25) is 0 Å². The van der Waals surface area contributed by atoms with E-state index in [0.717, 1.165) is 19.3 Å². The summed E-state index contributed by atoms with van der Waals surface area (Å²) in [5.41, 5.74) is -0.813. The van der Waals surface area contributed by atoms with Crippen LogP contribution in [-0.4, -0.2) is 42.6 Å². The molecule has 0 radical (unpaired) electrons. The summed E-state index contributed by atoms with van der Waals surface area (Å²) in [6.07, 6.45) is 8.26. The van der Waals surface area contributed by atoms with E-state index < -0.39 is 5.54 Å². The molecule has 0 unspecified atom stereocenters. The molecule has 0 atom stereocenters. The zero-order chi connectivity index (χ0) is 13.0. The van der Waals surface area contributed by atoms with Gasteiger partial charge in [0, 0.05) is 13.1 Å². The van der Waals surface area contributed by atoms with E-state index >= 15 is 0 Å². The Balaban J connectivity index is 2.04. The molecule has 0 saturated heterocycles. The molecule has 1 N–H and O–H groups in total. The molecule has 2 rings (SSSR count). The first-order valence-corrected chi connectivity index (χ1v) is 6.48. The second kappa shape index (κ2) is 5.42. The summed E-state index contributed by atoms with van der Waals surface area (Å²) >= 11 is 0. The fraction of sp³-hybridized carbons (Fsp3) is 0.692. The van der Waals surface area contributed by atoms with Crippen molar-refractivity contribution in [3.8, 4) is 0 Å². The number of carbonyl (C=O) groups is 2. The van der Waals surface area contributed by atoms with Gasteiger partial charge in [-0.2, -0.15) is 0 Å². The summed E-state index contributed by atoms with van der Waals surface area (Å²) in [7, 11) is 1.38. The van der Waals surface area contributed by atoms with Gasteiger partial charge < -0.3 is 15.0 Å². The number of methoxy groups -OCH3 is 1. The van der Waals surface area contributed by atoms with Gasteiger partial charge in [0.25, 0.3) is 0 Å². The molecule has 2 amide bonds. The maximum atomic E-state index is 12.1. The van der Waals surface area contributed by atoms with Gasteiger partial charge in [-0.15, -0.1) is 0 Å². The van der Waals surface area contributed by atoms with Crippen LogP contribution in [0.3, 0.4) is 0 Å². The first-order valence-electron chi connectivity index (χ1n) is 6.48. The van der Waals surface area contributed by atoms with Gasteiger partial charge in [-0.1, -0.05) is 31.4 Å². The van der Waals surface area contributed by atoms with E-state index in [9.17, 15) is 9.59 Å². The van der Waals surface area contributed by atoms with Crippen LogP contribution in [0.4, 0.5) is 4.79 Å². The second-order valence-corrected chi connectivity index (χ2v) is 4.94. The van der Waals surface area contributed by atoms with Crippen LogP contribution in [0.25, 0.3) is 0 Å². The predicted molar refractivity (Wildman–Crippen MR) is 67.1 cm³/mol. The van der Waals surface area contributed by atoms with Gasteiger partial charge in [-0.25, -0.2) is 9.59 Å². The molecule has 1 heterocycles. The normalized spacial score (nSPS) is 21.7. The number of rotatable bonds is 2. The van der Waals surface area contributed by atoms with Crippen molar-refractivity contribution in [2.75, 3.05) is 20.2 Å². The number of carbonyl (C=O) groups excluding carboxylic acids is 2. The zero-order valence-corrected chi connectivity index (χ0v) is 10.8. The summed E-state index contributed by atoms with van der Waals surface area (Å²) in [6.45, 7) is 1.23. The Labute approximate surface area is 107 Å². The number of nitrogens with one attached hydrogen (secondary N) is 1. The number of hydrogen-bond acceptors (Lipinski definition) is 3. The standard InChI is InChI=1S/C13H20N2O3/c1-18-11(16)13(7-3-2-4-8-13)14-12(17)15-9-5-6-10-15/h5-6H,2-4,7-10H2,1H3,(H,14,17). The van der Waals surface area contributed by atoms with Crippen LogP contribution >= 0.6 is 0 Å². The van der Waals surface area contributed by atoms with E-state index in [1.54, 1.807) is 4.90 Å². The third-order valence-electron chi connectivity index (χ3n) is 3.73. The van der Waals surface area contributed by atoms with E-state index in [1.165, 1.54) is 7.11 Å². The monoisotopic (exact) mass is 252 g/mol. The summed E-state index contributed by atoms with van der Waals surface area (Å²) < 4.78 is 4.87. The van der Waals surface area contributed by atoms with Crippen LogP contribution in [-0.2, 0) is 9.53 Å². The Morgan fingerprint density at radius 3 is 2.33 bits per heavy atom. The second-order valence-electron chi connectivity index (χ2n) is 4.94. The van der Waals surface area contributed by atoms with Gasteiger partial charge in [0.05, 0.1) is 7.11 Å². The molecule has 1 fully saturated rings. The minimum atomic E-state index is -0.813. The number of nitrogens with zero attached hydrogens (tertiary/aromatic N) is 1. The fourth-order valence-electron chi connectivity index (χ4n) is 2.66. The van der Waals surface area contributed by atoms with Gasteiger partial charge >= 0.3 is 12.0 Å². The molecule has 0 aromatic heterocycles. The summed E-state index contributed by atoms with van der Waals surface area (Å²) in [5, 5.41) is 2.90. The zero-order valence-electron chi connectivity index (χ0n) is 10.8. The Kier molecular flexibility index (Phi) is 3.89. The van der Waals surface area contributed by atoms with E-state index in [1.807, 2.05) is 12.2 Å². The number of urea groups is 1. The highest BCUT2D eigenvalue weighted by Gasteiger charge is 2.42. The molecular formula is C13H20N2O3. The lowest BCUT2D eigenvalue weighted by Gasteiger charge is -2.36. The molecule has 1 aliphatic carbocycles. The van der Waals surface area contributed by atoms with Gasteiger partial charge in [0.2, 0.25) is 0 Å². The first-order chi connectivity index (χ1) is 8.68. The van der Waals surface area contributed by atoms with Gasteiger partial charge in [0.15, 0.2) is 0 Å². The highest BCUT2D eigenvalue weighted by Crippen LogP contribution is 2.29. The highest BCUT2D eigenvalue weighted by molar-refractivity contribution is 5.87. The Hall–Kier alpha value is -1.52. The van der Waals surface area contributed by atoms with Crippen molar-refractivity contribution in [1.29, 1.82) is 0 Å². The number of ether oxygens (including phenoxy) is 1. The van der Waals surface area contributed by atoms with E-state index in [2.05, 4.69) is 5.32 Å². The molecule has 1 aliphatic heterocycles. The van der Waals surface area contributed by atoms with E-state index in [-0.39, 0.29) is 12.0 Å². The molecule has 18 heavy (non-hydrogen) atoms. The van der Waals surface area contributed by atoms with Crippen LogP contribution in [0.5, 0.6) is 0 Å². The average Bonchev–Trinajstić information content (AvgIpc) is 2.93. The number of esters is 1. The lowest BCUT2D eigenvalue weighted by molar-refractivity contribution is -0.149.